The Hall–Kier alpha value is -0.650. The summed E-state index contributed by atoms with van der Waals surface area (Å²) in [6.45, 7) is 4.24. The average Bonchev–Trinajstić information content (AvgIpc) is 2.56. The number of carbonyl (C=O) groups excluding carboxylic acids is 1. The van der Waals surface area contributed by atoms with Crippen molar-refractivity contribution < 1.29 is 9.90 Å². The molecule has 3 N–H and O–H groups in total. The van der Waals surface area contributed by atoms with Crippen molar-refractivity contribution in [2.45, 2.75) is 44.2 Å². The summed E-state index contributed by atoms with van der Waals surface area (Å²) in [6.07, 6.45) is 4.72. The first-order valence-corrected chi connectivity index (χ1v) is 7.16. The van der Waals surface area contributed by atoms with E-state index in [-0.39, 0.29) is 18.1 Å². The van der Waals surface area contributed by atoms with Gasteiger partial charge in [-0.15, -0.1) is 0 Å². The Morgan fingerprint density at radius 3 is 2.72 bits per heavy atom. The van der Waals surface area contributed by atoms with Crippen LogP contribution in [0.1, 0.15) is 32.1 Å². The molecule has 2 aliphatic rings. The predicted octanol–water partition coefficient (Wildman–Crippen LogP) is -0.299. The molecule has 1 heterocycles. The molecule has 0 bridgehead atoms. The molecule has 1 saturated carbocycles. The van der Waals surface area contributed by atoms with E-state index in [2.05, 4.69) is 15.5 Å². The Bertz CT molecular complexity index is 267. The summed E-state index contributed by atoms with van der Waals surface area (Å²) in [5.74, 6) is 0.0582. The van der Waals surface area contributed by atoms with Gasteiger partial charge in [0.15, 0.2) is 0 Å². The zero-order valence-electron chi connectivity index (χ0n) is 11.0. The molecule has 2 rings (SSSR count). The molecule has 0 aromatic rings. The highest BCUT2D eigenvalue weighted by Gasteiger charge is 2.24. The Morgan fingerprint density at radius 2 is 1.94 bits per heavy atom. The molecule has 0 spiro atoms. The van der Waals surface area contributed by atoms with Crippen molar-refractivity contribution in [3.8, 4) is 0 Å². The SMILES string of the molecule is O=C(CN1CCNCC1)NC1CCCCCC1O. The van der Waals surface area contributed by atoms with Crippen molar-refractivity contribution in [1.29, 1.82) is 0 Å². The van der Waals surface area contributed by atoms with Crippen molar-refractivity contribution >= 4 is 5.91 Å². The lowest BCUT2D eigenvalue weighted by atomic mass is 10.1. The third kappa shape index (κ3) is 4.23. The summed E-state index contributed by atoms with van der Waals surface area (Å²) in [7, 11) is 0. The predicted molar refractivity (Wildman–Crippen MR) is 70.3 cm³/mol. The van der Waals surface area contributed by atoms with Gasteiger partial charge >= 0.3 is 0 Å². The fourth-order valence-electron chi connectivity index (χ4n) is 2.78. The maximum atomic E-state index is 12.0. The molecular formula is C13H25N3O2. The van der Waals surface area contributed by atoms with Crippen molar-refractivity contribution in [3.63, 3.8) is 0 Å². The van der Waals surface area contributed by atoms with Crippen LogP contribution in [-0.2, 0) is 4.79 Å². The van der Waals surface area contributed by atoms with Crippen molar-refractivity contribution in [3.05, 3.63) is 0 Å². The normalized spacial score (nSPS) is 30.7. The zero-order chi connectivity index (χ0) is 12.8. The monoisotopic (exact) mass is 255 g/mol. The molecule has 2 unspecified atom stereocenters. The lowest BCUT2D eigenvalue weighted by Crippen LogP contribution is -2.50. The van der Waals surface area contributed by atoms with Gasteiger partial charge in [-0.05, 0) is 12.8 Å². The lowest BCUT2D eigenvalue weighted by Gasteiger charge is -2.28. The summed E-state index contributed by atoms with van der Waals surface area (Å²) in [5.41, 5.74) is 0. The highest BCUT2D eigenvalue weighted by Crippen LogP contribution is 2.17. The molecular weight excluding hydrogens is 230 g/mol. The number of nitrogens with one attached hydrogen (secondary N) is 2. The minimum absolute atomic E-state index is 0.0390. The third-order valence-electron chi connectivity index (χ3n) is 3.90. The quantitative estimate of drug-likeness (QED) is 0.606. The highest BCUT2D eigenvalue weighted by atomic mass is 16.3. The van der Waals surface area contributed by atoms with E-state index in [0.29, 0.717) is 6.54 Å². The van der Waals surface area contributed by atoms with Crippen LogP contribution >= 0.6 is 0 Å². The molecule has 1 aliphatic carbocycles. The number of nitrogens with zero attached hydrogens (tertiary/aromatic N) is 1. The van der Waals surface area contributed by atoms with Gasteiger partial charge in [0, 0.05) is 26.2 Å². The number of amides is 1. The Balaban J connectivity index is 1.74. The average molecular weight is 255 g/mol. The maximum Gasteiger partial charge on any atom is 0.234 e. The summed E-state index contributed by atoms with van der Waals surface area (Å²) in [6, 6.07) is -0.0390. The van der Waals surface area contributed by atoms with E-state index in [1.54, 1.807) is 0 Å². The van der Waals surface area contributed by atoms with Crippen molar-refractivity contribution in [2.24, 2.45) is 0 Å². The van der Waals surface area contributed by atoms with Crippen LogP contribution in [0.15, 0.2) is 0 Å². The maximum absolute atomic E-state index is 12.0. The van der Waals surface area contributed by atoms with Gasteiger partial charge in [-0.1, -0.05) is 19.3 Å². The second-order valence-corrected chi connectivity index (χ2v) is 5.41. The van der Waals surface area contributed by atoms with Crippen LogP contribution in [0.2, 0.25) is 0 Å². The van der Waals surface area contributed by atoms with Gasteiger partial charge in [-0.3, -0.25) is 9.69 Å². The van der Waals surface area contributed by atoms with Crippen molar-refractivity contribution in [2.75, 3.05) is 32.7 Å². The van der Waals surface area contributed by atoms with E-state index in [1.165, 1.54) is 6.42 Å². The fraction of sp³-hybridized carbons (Fsp3) is 0.923. The van der Waals surface area contributed by atoms with Gasteiger partial charge < -0.3 is 15.7 Å². The van der Waals surface area contributed by atoms with E-state index < -0.39 is 0 Å². The number of carbonyl (C=O) groups is 1. The Labute approximate surface area is 109 Å². The fourth-order valence-corrected chi connectivity index (χ4v) is 2.78. The van der Waals surface area contributed by atoms with Crippen LogP contribution in [0.3, 0.4) is 0 Å². The summed E-state index contributed by atoms with van der Waals surface area (Å²) < 4.78 is 0. The Morgan fingerprint density at radius 1 is 1.22 bits per heavy atom. The number of rotatable bonds is 3. The van der Waals surface area contributed by atoms with E-state index in [9.17, 15) is 9.90 Å². The van der Waals surface area contributed by atoms with Crippen molar-refractivity contribution in [1.82, 2.24) is 15.5 Å². The van der Waals surface area contributed by atoms with Crippen LogP contribution in [0, 0.1) is 0 Å². The topological polar surface area (TPSA) is 64.6 Å². The molecule has 2 fully saturated rings. The summed E-state index contributed by atoms with van der Waals surface area (Å²) in [5, 5.41) is 16.2. The second kappa shape index (κ2) is 7.07. The summed E-state index contributed by atoms with van der Waals surface area (Å²) >= 11 is 0. The zero-order valence-corrected chi connectivity index (χ0v) is 11.0. The van der Waals surface area contributed by atoms with Gasteiger partial charge in [0.25, 0.3) is 0 Å². The van der Waals surface area contributed by atoms with E-state index in [4.69, 9.17) is 0 Å². The minimum Gasteiger partial charge on any atom is -0.391 e. The summed E-state index contributed by atoms with van der Waals surface area (Å²) in [4.78, 5) is 14.1. The second-order valence-electron chi connectivity index (χ2n) is 5.41. The van der Waals surface area contributed by atoms with E-state index >= 15 is 0 Å². The largest absolute Gasteiger partial charge is 0.391 e. The van der Waals surface area contributed by atoms with Crippen LogP contribution in [0.25, 0.3) is 0 Å². The molecule has 18 heavy (non-hydrogen) atoms. The Kier molecular flexibility index (Phi) is 5.41. The van der Waals surface area contributed by atoms with Gasteiger partial charge in [0.2, 0.25) is 5.91 Å². The smallest absolute Gasteiger partial charge is 0.234 e. The molecule has 104 valence electrons. The minimum atomic E-state index is -0.362. The van der Waals surface area contributed by atoms with Crippen LogP contribution in [0.4, 0.5) is 0 Å². The van der Waals surface area contributed by atoms with E-state index in [0.717, 1.165) is 51.9 Å². The highest BCUT2D eigenvalue weighted by molar-refractivity contribution is 5.78. The first-order chi connectivity index (χ1) is 8.75. The van der Waals surface area contributed by atoms with Crippen LogP contribution in [0.5, 0.6) is 0 Å². The number of hydrogen-bond donors (Lipinski definition) is 3. The number of piperazine rings is 1. The van der Waals surface area contributed by atoms with Gasteiger partial charge in [-0.25, -0.2) is 0 Å². The molecule has 5 nitrogen and oxygen atoms in total. The molecule has 1 aliphatic heterocycles. The third-order valence-corrected chi connectivity index (χ3v) is 3.90. The number of aliphatic hydroxyl groups is 1. The molecule has 0 radical (unpaired) electrons. The molecule has 2 atom stereocenters. The van der Waals surface area contributed by atoms with Gasteiger partial charge in [-0.2, -0.15) is 0 Å². The standard InChI is InChI=1S/C13H25N3O2/c17-12-5-3-1-2-4-11(12)15-13(18)10-16-8-6-14-7-9-16/h11-12,14,17H,1-10H2,(H,15,18). The van der Waals surface area contributed by atoms with Crippen LogP contribution < -0.4 is 10.6 Å². The first-order valence-electron chi connectivity index (χ1n) is 7.16. The lowest BCUT2D eigenvalue weighted by molar-refractivity contribution is -0.124. The number of aliphatic hydroxyl groups excluding tert-OH is 1. The van der Waals surface area contributed by atoms with Gasteiger partial charge in [0.1, 0.15) is 0 Å². The van der Waals surface area contributed by atoms with Crippen LogP contribution in [-0.4, -0.2) is 60.8 Å². The molecule has 5 heteroatoms. The molecule has 1 amide bonds. The number of hydrogen-bond acceptors (Lipinski definition) is 4. The first kappa shape index (κ1) is 13.8. The molecule has 0 aromatic heterocycles. The van der Waals surface area contributed by atoms with Gasteiger partial charge in [0.05, 0.1) is 18.7 Å². The molecule has 0 aromatic carbocycles. The van der Waals surface area contributed by atoms with E-state index in [1.807, 2.05) is 0 Å². The molecule has 1 saturated heterocycles.